The molecular weight excluding hydrogens is 500 g/mol. The van der Waals surface area contributed by atoms with Gasteiger partial charge in [0.15, 0.2) is 0 Å². The zero-order valence-corrected chi connectivity index (χ0v) is 22.6. The fraction of sp³-hybridized carbons (Fsp3) is 0.267. The summed E-state index contributed by atoms with van der Waals surface area (Å²) in [5, 5.41) is 13.1. The van der Waals surface area contributed by atoms with E-state index in [9.17, 15) is 9.59 Å². The second-order valence-electron chi connectivity index (χ2n) is 10.0. The minimum atomic E-state index is -0.496. The van der Waals surface area contributed by atoms with E-state index in [4.69, 9.17) is 16.3 Å². The van der Waals surface area contributed by atoms with E-state index < -0.39 is 11.7 Å². The van der Waals surface area contributed by atoms with Crippen LogP contribution in [0.25, 0.3) is 11.3 Å². The maximum atomic E-state index is 13.0. The van der Waals surface area contributed by atoms with Gasteiger partial charge in [-0.25, -0.2) is 4.79 Å². The maximum Gasteiger partial charge on any atom is 0.407 e. The van der Waals surface area contributed by atoms with Gasteiger partial charge >= 0.3 is 6.09 Å². The summed E-state index contributed by atoms with van der Waals surface area (Å²) < 4.78 is 5.23. The Kier molecular flexibility index (Phi) is 8.71. The van der Waals surface area contributed by atoms with Crippen molar-refractivity contribution in [2.45, 2.75) is 39.3 Å². The standard InChI is InChI=1S/C30H33ClN4O3/c1-30(2,3)38-29(37)33-17-7-16-32-19-20-10-13-23(14-11-20)34-27(21-8-5-4-6-9-21)26-24-15-12-22(31)18-25(24)35-28(26)36/h4-6,8-15,18,32,34H,7,16-17,19H2,1-3H3,(H,33,37)(H,35,36)/b27-26-. The lowest BCUT2D eigenvalue weighted by atomic mass is 10.00. The van der Waals surface area contributed by atoms with Crippen molar-refractivity contribution in [2.24, 2.45) is 0 Å². The van der Waals surface area contributed by atoms with Crippen LogP contribution in [0, 0.1) is 0 Å². The summed E-state index contributed by atoms with van der Waals surface area (Å²) >= 11 is 6.14. The number of halogens is 1. The fourth-order valence-electron chi connectivity index (χ4n) is 4.08. The number of amides is 2. The molecule has 0 saturated carbocycles. The van der Waals surface area contributed by atoms with E-state index in [1.54, 1.807) is 12.1 Å². The number of ether oxygens (including phenoxy) is 1. The number of carbonyl (C=O) groups is 2. The van der Waals surface area contributed by atoms with Crippen LogP contribution in [0.4, 0.5) is 16.2 Å². The molecule has 0 atom stereocenters. The van der Waals surface area contributed by atoms with Gasteiger partial charge in [-0.2, -0.15) is 0 Å². The first kappa shape index (κ1) is 27.2. The molecular formula is C30H33ClN4O3. The van der Waals surface area contributed by atoms with Crippen LogP contribution in [-0.2, 0) is 16.1 Å². The number of hydrogen-bond acceptors (Lipinski definition) is 5. The van der Waals surface area contributed by atoms with Crippen molar-refractivity contribution in [2.75, 3.05) is 23.7 Å². The molecule has 4 N–H and O–H groups in total. The van der Waals surface area contributed by atoms with E-state index in [0.29, 0.717) is 29.4 Å². The summed E-state index contributed by atoms with van der Waals surface area (Å²) in [6.07, 6.45) is 0.398. The van der Waals surface area contributed by atoms with E-state index in [1.165, 1.54) is 0 Å². The van der Waals surface area contributed by atoms with Gasteiger partial charge in [0.25, 0.3) is 5.91 Å². The number of rotatable bonds is 9. The predicted molar refractivity (Wildman–Crippen MR) is 154 cm³/mol. The first-order chi connectivity index (χ1) is 18.2. The monoisotopic (exact) mass is 532 g/mol. The third-order valence-corrected chi connectivity index (χ3v) is 6.02. The van der Waals surface area contributed by atoms with Gasteiger partial charge in [-0.15, -0.1) is 0 Å². The van der Waals surface area contributed by atoms with E-state index in [2.05, 4.69) is 21.3 Å². The average molecular weight is 533 g/mol. The lowest BCUT2D eigenvalue weighted by Gasteiger charge is -2.19. The van der Waals surface area contributed by atoms with E-state index in [0.717, 1.165) is 41.0 Å². The molecule has 0 fully saturated rings. The van der Waals surface area contributed by atoms with E-state index >= 15 is 0 Å². The van der Waals surface area contributed by atoms with Gasteiger partial charge in [0.2, 0.25) is 0 Å². The first-order valence-electron chi connectivity index (χ1n) is 12.6. The van der Waals surface area contributed by atoms with E-state index in [-0.39, 0.29) is 5.91 Å². The molecule has 3 aromatic rings. The highest BCUT2D eigenvalue weighted by Gasteiger charge is 2.28. The Hall–Kier alpha value is -3.81. The number of alkyl carbamates (subject to hydrolysis) is 1. The number of benzene rings is 3. The number of hydrogen-bond donors (Lipinski definition) is 4. The molecule has 0 aromatic heterocycles. The van der Waals surface area contributed by atoms with Crippen LogP contribution in [0.2, 0.25) is 5.02 Å². The third-order valence-electron chi connectivity index (χ3n) is 5.79. The highest BCUT2D eigenvalue weighted by atomic mass is 35.5. The van der Waals surface area contributed by atoms with E-state index in [1.807, 2.05) is 81.4 Å². The van der Waals surface area contributed by atoms with Crippen molar-refractivity contribution in [3.8, 4) is 0 Å². The second kappa shape index (κ2) is 12.2. The van der Waals surface area contributed by atoms with Gasteiger partial charge in [-0.05, 0) is 69.1 Å². The molecule has 1 aliphatic heterocycles. The van der Waals surface area contributed by atoms with Crippen LogP contribution in [0.5, 0.6) is 0 Å². The molecule has 0 radical (unpaired) electrons. The Morgan fingerprint density at radius 1 is 0.974 bits per heavy atom. The summed E-state index contributed by atoms with van der Waals surface area (Å²) in [5.41, 5.74) is 5.24. The average Bonchev–Trinajstić information content (AvgIpc) is 3.19. The predicted octanol–water partition coefficient (Wildman–Crippen LogP) is 6.28. The zero-order chi connectivity index (χ0) is 27.1. The van der Waals surface area contributed by atoms with Crippen molar-refractivity contribution in [1.82, 2.24) is 10.6 Å². The van der Waals surface area contributed by atoms with Crippen molar-refractivity contribution >= 4 is 46.2 Å². The van der Waals surface area contributed by atoms with Crippen molar-refractivity contribution in [3.63, 3.8) is 0 Å². The SMILES string of the molecule is CC(C)(C)OC(=O)NCCCNCc1ccc(N/C(=C2\C(=O)Nc3cc(Cl)ccc32)c2ccccc2)cc1. The summed E-state index contributed by atoms with van der Waals surface area (Å²) in [6.45, 7) is 7.54. The van der Waals surface area contributed by atoms with Crippen LogP contribution in [0.3, 0.4) is 0 Å². The molecule has 3 aromatic carbocycles. The lowest BCUT2D eigenvalue weighted by molar-refractivity contribution is -0.110. The minimum absolute atomic E-state index is 0.171. The molecule has 198 valence electrons. The summed E-state index contributed by atoms with van der Waals surface area (Å²) in [4.78, 5) is 24.7. The van der Waals surface area contributed by atoms with Gasteiger partial charge in [-0.1, -0.05) is 60.1 Å². The molecule has 0 unspecified atom stereocenters. The van der Waals surface area contributed by atoms with Crippen LogP contribution in [0.15, 0.2) is 72.8 Å². The Bertz CT molecular complexity index is 1320. The zero-order valence-electron chi connectivity index (χ0n) is 21.9. The van der Waals surface area contributed by atoms with Crippen molar-refractivity contribution in [3.05, 3.63) is 94.5 Å². The van der Waals surface area contributed by atoms with Gasteiger partial charge in [-0.3, -0.25) is 4.79 Å². The Balaban J connectivity index is 1.38. The van der Waals surface area contributed by atoms with Crippen LogP contribution < -0.4 is 21.3 Å². The van der Waals surface area contributed by atoms with Crippen LogP contribution >= 0.6 is 11.6 Å². The van der Waals surface area contributed by atoms with Crippen LogP contribution in [-0.4, -0.2) is 30.7 Å². The lowest BCUT2D eigenvalue weighted by Crippen LogP contribution is -2.33. The minimum Gasteiger partial charge on any atom is -0.444 e. The fourth-order valence-corrected chi connectivity index (χ4v) is 4.25. The molecule has 8 heteroatoms. The maximum absolute atomic E-state index is 13.0. The van der Waals surface area contributed by atoms with Crippen molar-refractivity contribution in [1.29, 1.82) is 0 Å². The van der Waals surface area contributed by atoms with Crippen LogP contribution in [0.1, 0.15) is 43.9 Å². The molecule has 7 nitrogen and oxygen atoms in total. The summed E-state index contributed by atoms with van der Waals surface area (Å²) in [5.74, 6) is -0.171. The molecule has 38 heavy (non-hydrogen) atoms. The number of nitrogens with one attached hydrogen (secondary N) is 4. The summed E-state index contributed by atoms with van der Waals surface area (Å²) in [6, 6.07) is 23.3. The number of fused-ring (bicyclic) bond motifs is 1. The molecule has 4 rings (SSSR count). The number of anilines is 2. The first-order valence-corrected chi connectivity index (χ1v) is 13.0. The Labute approximate surface area is 228 Å². The second-order valence-corrected chi connectivity index (χ2v) is 10.5. The van der Waals surface area contributed by atoms with Gasteiger partial charge < -0.3 is 26.0 Å². The summed E-state index contributed by atoms with van der Waals surface area (Å²) in [7, 11) is 0. The highest BCUT2D eigenvalue weighted by molar-refractivity contribution is 6.38. The van der Waals surface area contributed by atoms with Gasteiger partial charge in [0, 0.05) is 29.4 Å². The quantitative estimate of drug-likeness (QED) is 0.192. The smallest absolute Gasteiger partial charge is 0.407 e. The Morgan fingerprint density at radius 2 is 1.71 bits per heavy atom. The number of carbonyl (C=O) groups excluding carboxylic acids is 2. The van der Waals surface area contributed by atoms with Gasteiger partial charge in [0.1, 0.15) is 5.60 Å². The molecule has 0 aliphatic carbocycles. The Morgan fingerprint density at radius 3 is 2.42 bits per heavy atom. The van der Waals surface area contributed by atoms with Gasteiger partial charge in [0.05, 0.1) is 17.0 Å². The topological polar surface area (TPSA) is 91.5 Å². The molecule has 1 aliphatic rings. The molecule has 0 spiro atoms. The molecule has 2 amide bonds. The molecule has 1 heterocycles. The largest absolute Gasteiger partial charge is 0.444 e. The highest BCUT2D eigenvalue weighted by Crippen LogP contribution is 2.38. The van der Waals surface area contributed by atoms with Crippen molar-refractivity contribution < 1.29 is 14.3 Å². The molecule has 0 bridgehead atoms. The normalized spacial score (nSPS) is 13.9. The third kappa shape index (κ3) is 7.37. The molecule has 0 saturated heterocycles.